The Labute approximate surface area is 65.4 Å². The molecule has 0 fully saturated rings. The van der Waals surface area contributed by atoms with Crippen molar-refractivity contribution >= 4 is 18.1 Å². The van der Waals surface area contributed by atoms with E-state index in [0.717, 1.165) is 6.23 Å². The van der Waals surface area contributed by atoms with Gasteiger partial charge in [-0.15, -0.1) is 0 Å². The Morgan fingerprint density at radius 2 is 1.90 bits per heavy atom. The number of ether oxygens (including phenoxy) is 1. The van der Waals surface area contributed by atoms with Crippen LogP contribution in [0.25, 0.3) is 0 Å². The second-order valence-corrected chi connectivity index (χ2v) is 7.33. The van der Waals surface area contributed by atoms with Crippen molar-refractivity contribution in [1.29, 1.82) is 0 Å². The molecule has 0 spiro atoms. The van der Waals surface area contributed by atoms with Gasteiger partial charge in [0.25, 0.3) is 0 Å². The molecule has 0 saturated heterocycles. The van der Waals surface area contributed by atoms with Crippen molar-refractivity contribution in [3.63, 3.8) is 0 Å². The van der Waals surface area contributed by atoms with Crippen LogP contribution >= 0.6 is 0 Å². The molecule has 0 rings (SSSR count). The zero-order valence-electron chi connectivity index (χ0n) is 6.83. The normalized spacial score (nSPS) is 14.1. The molecule has 3 nitrogen and oxygen atoms in total. The second kappa shape index (κ2) is 6.05. The predicted molar refractivity (Wildman–Crippen MR) is 46.1 cm³/mol. The molecule has 0 aliphatic rings. The molecule has 1 unspecified atom stereocenters. The summed E-state index contributed by atoms with van der Waals surface area (Å²) in [5.74, 6) is 0. The molecule has 0 aliphatic carbocycles. The molecule has 10 heavy (non-hydrogen) atoms. The van der Waals surface area contributed by atoms with E-state index in [1.54, 1.807) is 7.11 Å². The molecule has 0 aliphatic heterocycles. The van der Waals surface area contributed by atoms with Gasteiger partial charge < -0.3 is 14.0 Å². The molecular weight excluding hydrogens is 164 g/mol. The summed E-state index contributed by atoms with van der Waals surface area (Å²) in [6, 6.07) is 0. The molecule has 0 aromatic heterocycles. The fraction of sp³-hybridized carbons (Fsp3) is 1.00. The van der Waals surface area contributed by atoms with Crippen LogP contribution in [0.1, 0.15) is 0 Å². The molecule has 1 N–H and O–H groups in total. The number of hydrogen-bond acceptors (Lipinski definition) is 3. The van der Waals surface area contributed by atoms with Crippen LogP contribution in [0.3, 0.4) is 0 Å². The summed E-state index contributed by atoms with van der Waals surface area (Å²) in [6.45, 7) is 4.38. The van der Waals surface area contributed by atoms with Crippen molar-refractivity contribution < 1.29 is 14.0 Å². The van der Waals surface area contributed by atoms with E-state index in [-0.39, 0.29) is 0 Å². The Balaban J connectivity index is 3.12. The van der Waals surface area contributed by atoms with Gasteiger partial charge in [-0.2, -0.15) is 0 Å². The summed E-state index contributed by atoms with van der Waals surface area (Å²) in [7, 11) is -1.02. The van der Waals surface area contributed by atoms with Crippen LogP contribution in [0.2, 0.25) is 13.1 Å². The van der Waals surface area contributed by atoms with Crippen LogP contribution in [0.15, 0.2) is 0 Å². The summed E-state index contributed by atoms with van der Waals surface area (Å²) in [4.78, 5) is 9.11. The molecule has 0 radical (unpaired) electrons. The molecule has 0 saturated carbocycles. The summed E-state index contributed by atoms with van der Waals surface area (Å²) in [6.07, 6.45) is 1.18. The maximum atomic E-state index is 9.11. The van der Waals surface area contributed by atoms with E-state index >= 15 is 0 Å². The summed E-state index contributed by atoms with van der Waals surface area (Å²) < 4.78 is 9.91. The SMILES string of the molecule is COC[SiH](O)OC[SiH](C)C. The first kappa shape index (κ1) is 10.3. The quantitative estimate of drug-likeness (QED) is 0.576. The van der Waals surface area contributed by atoms with Gasteiger partial charge in [0.05, 0.1) is 15.0 Å². The lowest BCUT2D eigenvalue weighted by Crippen LogP contribution is -2.28. The molecule has 0 bridgehead atoms. The summed E-state index contributed by atoms with van der Waals surface area (Å²) >= 11 is 0. The minimum atomic E-state index is -1.95. The van der Waals surface area contributed by atoms with Crippen molar-refractivity contribution in [3.05, 3.63) is 0 Å². The maximum Gasteiger partial charge on any atom is 0.345 e. The van der Waals surface area contributed by atoms with E-state index in [9.17, 15) is 0 Å². The van der Waals surface area contributed by atoms with Crippen LogP contribution < -0.4 is 0 Å². The van der Waals surface area contributed by atoms with E-state index in [1.807, 2.05) is 0 Å². The Morgan fingerprint density at radius 1 is 1.30 bits per heavy atom. The van der Waals surface area contributed by atoms with Crippen molar-refractivity contribution in [2.45, 2.75) is 13.1 Å². The van der Waals surface area contributed by atoms with E-state index in [0.29, 0.717) is 6.23 Å². The Bertz CT molecular complexity index is 79.3. The smallest absolute Gasteiger partial charge is 0.345 e. The van der Waals surface area contributed by atoms with Crippen molar-refractivity contribution in [3.8, 4) is 0 Å². The predicted octanol–water partition coefficient (Wildman–Crippen LogP) is -0.573. The lowest BCUT2D eigenvalue weighted by atomic mass is 11.5. The van der Waals surface area contributed by atoms with Gasteiger partial charge >= 0.3 is 9.28 Å². The highest BCUT2D eigenvalue weighted by molar-refractivity contribution is 6.56. The molecule has 1 atom stereocenters. The molecule has 0 aromatic rings. The van der Waals surface area contributed by atoms with Gasteiger partial charge in [-0.3, -0.25) is 0 Å². The minimum Gasteiger partial charge on any atom is -0.412 e. The molecule has 5 heteroatoms. The van der Waals surface area contributed by atoms with Gasteiger partial charge in [0.1, 0.15) is 0 Å². The summed E-state index contributed by atoms with van der Waals surface area (Å²) in [5, 5.41) is 0. The van der Waals surface area contributed by atoms with E-state index < -0.39 is 18.1 Å². The van der Waals surface area contributed by atoms with E-state index in [1.165, 1.54) is 0 Å². The van der Waals surface area contributed by atoms with Gasteiger partial charge in [-0.1, -0.05) is 13.1 Å². The van der Waals surface area contributed by atoms with Crippen LogP contribution in [0, 0.1) is 0 Å². The van der Waals surface area contributed by atoms with Crippen molar-refractivity contribution in [1.82, 2.24) is 0 Å². The van der Waals surface area contributed by atoms with E-state index in [2.05, 4.69) is 13.1 Å². The van der Waals surface area contributed by atoms with E-state index in [4.69, 9.17) is 14.0 Å². The van der Waals surface area contributed by atoms with Crippen LogP contribution in [-0.4, -0.2) is 42.4 Å². The van der Waals surface area contributed by atoms with Crippen LogP contribution in [0.4, 0.5) is 0 Å². The Kier molecular flexibility index (Phi) is 6.24. The first-order valence-corrected chi connectivity index (χ1v) is 8.38. The zero-order valence-corrected chi connectivity index (χ0v) is 9.14. The van der Waals surface area contributed by atoms with Crippen LogP contribution in [0.5, 0.6) is 0 Å². The highest BCUT2D eigenvalue weighted by Crippen LogP contribution is 1.86. The van der Waals surface area contributed by atoms with Crippen molar-refractivity contribution in [2.24, 2.45) is 0 Å². The molecule has 62 valence electrons. The topological polar surface area (TPSA) is 38.7 Å². The molecular formula is C5H16O3Si2. The Morgan fingerprint density at radius 3 is 2.30 bits per heavy atom. The first-order valence-electron chi connectivity index (χ1n) is 3.45. The van der Waals surface area contributed by atoms with Gasteiger partial charge in [0.15, 0.2) is 0 Å². The fourth-order valence-electron chi connectivity index (χ4n) is 0.494. The average Bonchev–Trinajstić information content (AvgIpc) is 1.85. The lowest BCUT2D eigenvalue weighted by Gasteiger charge is -2.09. The fourth-order valence-corrected chi connectivity index (χ4v) is 3.30. The molecule has 0 aromatic carbocycles. The third-order valence-corrected chi connectivity index (χ3v) is 3.37. The highest BCUT2D eigenvalue weighted by Gasteiger charge is 2.07. The third kappa shape index (κ3) is 6.43. The molecule has 0 amide bonds. The number of rotatable bonds is 5. The third-order valence-electron chi connectivity index (χ3n) is 0.931. The van der Waals surface area contributed by atoms with Gasteiger partial charge in [-0.05, 0) is 0 Å². The zero-order chi connectivity index (χ0) is 7.98. The second-order valence-electron chi connectivity index (χ2n) is 2.64. The standard InChI is InChI=1S/C5H16O3Si2/c1-7-4-10(6)8-5-9(2)3/h6,9-10H,4-5H2,1-3H3. The average molecular weight is 180 g/mol. The Hall–Kier alpha value is 0.314. The van der Waals surface area contributed by atoms with Crippen molar-refractivity contribution in [2.75, 3.05) is 19.6 Å². The van der Waals surface area contributed by atoms with Gasteiger partial charge in [0.2, 0.25) is 0 Å². The van der Waals surface area contributed by atoms with Gasteiger partial charge in [0, 0.05) is 13.3 Å². The maximum absolute atomic E-state index is 9.11. The minimum absolute atomic E-state index is 0.404. The number of hydrogen-bond donors (Lipinski definition) is 1. The van der Waals surface area contributed by atoms with Gasteiger partial charge in [-0.25, -0.2) is 0 Å². The largest absolute Gasteiger partial charge is 0.412 e. The molecule has 0 heterocycles. The highest BCUT2D eigenvalue weighted by atomic mass is 28.3. The first-order chi connectivity index (χ1) is 4.66. The lowest BCUT2D eigenvalue weighted by molar-refractivity contribution is 0.196. The monoisotopic (exact) mass is 180 g/mol. The number of methoxy groups -OCH3 is 1. The summed E-state index contributed by atoms with van der Waals surface area (Å²) in [5.41, 5.74) is 0. The van der Waals surface area contributed by atoms with Crippen LogP contribution in [-0.2, 0) is 9.16 Å².